The Kier molecular flexibility index (Phi) is 4.22. The highest BCUT2D eigenvalue weighted by atomic mass is 35.5. The van der Waals surface area contributed by atoms with Crippen molar-refractivity contribution in [2.45, 2.75) is 38.6 Å². The Morgan fingerprint density at radius 1 is 1.22 bits per heavy atom. The summed E-state index contributed by atoms with van der Waals surface area (Å²) in [5.41, 5.74) is 0. The van der Waals surface area contributed by atoms with Gasteiger partial charge in [0.2, 0.25) is 11.2 Å². The fourth-order valence-electron chi connectivity index (χ4n) is 2.59. The van der Waals surface area contributed by atoms with Crippen LogP contribution in [-0.2, 0) is 0 Å². The van der Waals surface area contributed by atoms with Crippen molar-refractivity contribution in [3.8, 4) is 6.01 Å². The zero-order chi connectivity index (χ0) is 13.1. The molecule has 0 radical (unpaired) electrons. The number of hydrogen-bond acceptors (Lipinski definition) is 5. The van der Waals surface area contributed by atoms with Gasteiger partial charge in [0.15, 0.2) is 0 Å². The minimum Gasteiger partial charge on any atom is -0.467 e. The van der Waals surface area contributed by atoms with Gasteiger partial charge in [0, 0.05) is 13.1 Å². The van der Waals surface area contributed by atoms with E-state index < -0.39 is 0 Å². The molecule has 2 rings (SSSR count). The summed E-state index contributed by atoms with van der Waals surface area (Å²) >= 11 is 5.88. The molecule has 5 nitrogen and oxygen atoms in total. The maximum Gasteiger partial charge on any atom is 0.322 e. The van der Waals surface area contributed by atoms with E-state index in [-0.39, 0.29) is 11.3 Å². The van der Waals surface area contributed by atoms with Crippen molar-refractivity contribution in [1.82, 2.24) is 15.0 Å². The quantitative estimate of drug-likeness (QED) is 0.845. The highest BCUT2D eigenvalue weighted by molar-refractivity contribution is 6.28. The predicted octanol–water partition coefficient (Wildman–Crippen LogP) is 2.55. The van der Waals surface area contributed by atoms with Crippen LogP contribution in [0.1, 0.15) is 32.6 Å². The van der Waals surface area contributed by atoms with Crippen LogP contribution in [0.4, 0.5) is 5.95 Å². The second-order valence-corrected chi connectivity index (χ2v) is 5.17. The number of nitrogens with zero attached hydrogens (tertiary/aromatic N) is 4. The molecule has 1 fully saturated rings. The molecule has 1 heterocycles. The van der Waals surface area contributed by atoms with Gasteiger partial charge in [-0.25, -0.2) is 0 Å². The van der Waals surface area contributed by atoms with Gasteiger partial charge in [0.05, 0.1) is 7.11 Å². The molecule has 6 heteroatoms. The van der Waals surface area contributed by atoms with E-state index >= 15 is 0 Å². The van der Waals surface area contributed by atoms with Gasteiger partial charge in [0.1, 0.15) is 0 Å². The molecule has 0 aliphatic heterocycles. The summed E-state index contributed by atoms with van der Waals surface area (Å²) in [7, 11) is 3.54. The number of halogens is 1. The molecule has 1 aromatic rings. The van der Waals surface area contributed by atoms with Gasteiger partial charge in [-0.2, -0.15) is 15.0 Å². The van der Waals surface area contributed by atoms with Crippen molar-refractivity contribution in [3.63, 3.8) is 0 Å². The van der Waals surface area contributed by atoms with Crippen molar-refractivity contribution in [2.75, 3.05) is 19.1 Å². The van der Waals surface area contributed by atoms with Crippen LogP contribution in [0.3, 0.4) is 0 Å². The largest absolute Gasteiger partial charge is 0.467 e. The zero-order valence-electron chi connectivity index (χ0n) is 11.1. The Hall–Kier alpha value is -1.10. The Morgan fingerprint density at radius 3 is 2.61 bits per heavy atom. The smallest absolute Gasteiger partial charge is 0.322 e. The third-order valence-corrected chi connectivity index (χ3v) is 3.81. The summed E-state index contributed by atoms with van der Waals surface area (Å²) < 4.78 is 5.03. The fraction of sp³-hybridized carbons (Fsp3) is 0.750. The first kappa shape index (κ1) is 13.3. The van der Waals surface area contributed by atoms with E-state index in [1.807, 2.05) is 7.05 Å². The fourth-order valence-corrected chi connectivity index (χ4v) is 2.74. The monoisotopic (exact) mass is 270 g/mol. The van der Waals surface area contributed by atoms with E-state index in [9.17, 15) is 0 Å². The molecular formula is C12H19ClN4O. The van der Waals surface area contributed by atoms with Crippen LogP contribution in [-0.4, -0.2) is 35.2 Å². The highest BCUT2D eigenvalue weighted by Crippen LogP contribution is 2.29. The van der Waals surface area contributed by atoms with Crippen molar-refractivity contribution in [1.29, 1.82) is 0 Å². The third-order valence-electron chi connectivity index (χ3n) is 3.64. The van der Waals surface area contributed by atoms with Gasteiger partial charge in [-0.1, -0.05) is 19.8 Å². The molecule has 0 spiro atoms. The van der Waals surface area contributed by atoms with Gasteiger partial charge in [0.25, 0.3) is 0 Å². The van der Waals surface area contributed by atoms with E-state index in [0.717, 1.165) is 0 Å². The summed E-state index contributed by atoms with van der Waals surface area (Å²) in [6, 6.07) is 0.724. The first-order valence-corrected chi connectivity index (χ1v) is 6.68. The summed E-state index contributed by atoms with van der Waals surface area (Å²) in [5, 5.41) is 0.173. The molecule has 1 saturated carbocycles. The lowest BCUT2D eigenvalue weighted by Crippen LogP contribution is -2.40. The maximum absolute atomic E-state index is 5.88. The summed E-state index contributed by atoms with van der Waals surface area (Å²) in [5.74, 6) is 1.23. The van der Waals surface area contributed by atoms with Crippen molar-refractivity contribution in [3.05, 3.63) is 5.28 Å². The standard InChI is InChI=1S/C12H19ClN4O/c1-8-6-4-5-7-9(8)17(2)11-14-10(13)15-12(16-11)18-3/h8-9H,4-7H2,1-3H3. The van der Waals surface area contributed by atoms with Crippen molar-refractivity contribution < 1.29 is 4.74 Å². The van der Waals surface area contributed by atoms with Crippen molar-refractivity contribution in [2.24, 2.45) is 5.92 Å². The summed E-state index contributed by atoms with van der Waals surface area (Å²) in [4.78, 5) is 14.4. The van der Waals surface area contributed by atoms with Crippen LogP contribution in [0.2, 0.25) is 5.28 Å². The van der Waals surface area contributed by atoms with Crippen LogP contribution in [0.15, 0.2) is 0 Å². The molecule has 0 saturated heterocycles. The molecule has 100 valence electrons. The molecule has 2 unspecified atom stereocenters. The van der Waals surface area contributed by atoms with E-state index in [2.05, 4.69) is 26.8 Å². The number of rotatable bonds is 3. The Labute approximate surface area is 113 Å². The average molecular weight is 271 g/mol. The lowest BCUT2D eigenvalue weighted by Gasteiger charge is -2.36. The van der Waals surface area contributed by atoms with Crippen LogP contribution < -0.4 is 9.64 Å². The molecule has 18 heavy (non-hydrogen) atoms. The molecule has 1 aliphatic carbocycles. The molecule has 2 atom stereocenters. The van der Waals surface area contributed by atoms with E-state index in [1.54, 1.807) is 0 Å². The molecule has 1 aromatic heterocycles. The zero-order valence-corrected chi connectivity index (χ0v) is 11.8. The van der Waals surface area contributed by atoms with Gasteiger partial charge in [-0.3, -0.25) is 0 Å². The molecule has 0 aromatic carbocycles. The Bertz CT molecular complexity index is 415. The number of aromatic nitrogens is 3. The maximum atomic E-state index is 5.88. The van der Waals surface area contributed by atoms with Crippen LogP contribution in [0, 0.1) is 5.92 Å². The second-order valence-electron chi connectivity index (χ2n) is 4.83. The minimum atomic E-state index is 0.173. The number of hydrogen-bond donors (Lipinski definition) is 0. The number of ether oxygens (including phenoxy) is 1. The first-order chi connectivity index (χ1) is 8.61. The lowest BCUT2D eigenvalue weighted by atomic mass is 9.85. The predicted molar refractivity (Wildman–Crippen MR) is 71.2 cm³/mol. The highest BCUT2D eigenvalue weighted by Gasteiger charge is 2.27. The molecular weight excluding hydrogens is 252 g/mol. The van der Waals surface area contributed by atoms with Gasteiger partial charge >= 0.3 is 6.01 Å². The van der Waals surface area contributed by atoms with Gasteiger partial charge < -0.3 is 9.64 Å². The molecule has 0 bridgehead atoms. The van der Waals surface area contributed by atoms with Crippen molar-refractivity contribution >= 4 is 17.5 Å². The van der Waals surface area contributed by atoms with Crippen LogP contribution >= 0.6 is 11.6 Å². The second kappa shape index (κ2) is 5.69. The van der Waals surface area contributed by atoms with E-state index in [1.165, 1.54) is 32.8 Å². The molecule has 0 N–H and O–H groups in total. The summed E-state index contributed by atoms with van der Waals surface area (Å²) in [6.45, 7) is 2.28. The average Bonchev–Trinajstić information content (AvgIpc) is 2.37. The molecule has 1 aliphatic rings. The Morgan fingerprint density at radius 2 is 1.94 bits per heavy atom. The van der Waals surface area contributed by atoms with Crippen LogP contribution in [0.5, 0.6) is 6.01 Å². The molecule has 0 amide bonds. The number of methoxy groups -OCH3 is 1. The normalized spacial score (nSPS) is 23.8. The minimum absolute atomic E-state index is 0.173. The van der Waals surface area contributed by atoms with Crippen LogP contribution in [0.25, 0.3) is 0 Å². The lowest BCUT2D eigenvalue weighted by molar-refractivity contribution is 0.317. The third kappa shape index (κ3) is 2.83. The number of anilines is 1. The van der Waals surface area contributed by atoms with Gasteiger partial charge in [-0.15, -0.1) is 0 Å². The first-order valence-electron chi connectivity index (χ1n) is 6.30. The van der Waals surface area contributed by atoms with Gasteiger partial charge in [-0.05, 0) is 30.4 Å². The topological polar surface area (TPSA) is 51.1 Å². The van der Waals surface area contributed by atoms with E-state index in [4.69, 9.17) is 16.3 Å². The SMILES string of the molecule is COc1nc(Cl)nc(N(C)C2CCCCC2C)n1. The Balaban J connectivity index is 2.21. The van der Waals surface area contributed by atoms with E-state index in [0.29, 0.717) is 17.9 Å². The summed E-state index contributed by atoms with van der Waals surface area (Å²) in [6.07, 6.45) is 5.00.